The van der Waals surface area contributed by atoms with Gasteiger partial charge in [0, 0.05) is 12.2 Å². The highest BCUT2D eigenvalue weighted by Crippen LogP contribution is 2.17. The van der Waals surface area contributed by atoms with E-state index in [2.05, 4.69) is 0 Å². The maximum atomic E-state index is 12.2. The van der Waals surface area contributed by atoms with Gasteiger partial charge in [-0.05, 0) is 37.6 Å². The molecule has 0 atom stereocenters. The van der Waals surface area contributed by atoms with E-state index in [0.717, 1.165) is 11.3 Å². The number of furan rings is 1. The number of nitrogens with zero attached hydrogens (tertiary/aromatic N) is 1. The lowest BCUT2D eigenvalue weighted by Gasteiger charge is -2.19. The second-order valence-corrected chi connectivity index (χ2v) is 3.87. The van der Waals surface area contributed by atoms with Crippen LogP contribution in [0.25, 0.3) is 0 Å². The molecule has 3 nitrogen and oxygen atoms in total. The molecule has 0 radical (unpaired) electrons. The Hall–Kier alpha value is -2.03. The Morgan fingerprint density at radius 2 is 2.00 bits per heavy atom. The molecule has 1 aromatic heterocycles. The fourth-order valence-corrected chi connectivity index (χ4v) is 1.73. The molecule has 1 heterocycles. The minimum absolute atomic E-state index is 0.105. The number of aryl methyl sites for hydroxylation is 1. The van der Waals surface area contributed by atoms with Crippen LogP contribution in [-0.2, 0) is 0 Å². The average Bonchev–Trinajstić information content (AvgIpc) is 2.78. The van der Waals surface area contributed by atoms with Crippen molar-refractivity contribution in [2.24, 2.45) is 0 Å². The van der Waals surface area contributed by atoms with Crippen LogP contribution in [0.15, 0.2) is 47.1 Å². The molecule has 0 aliphatic heterocycles. The molecule has 0 bridgehead atoms. The normalized spacial score (nSPS) is 10.2. The van der Waals surface area contributed by atoms with Gasteiger partial charge in [-0.15, -0.1) is 0 Å². The van der Waals surface area contributed by atoms with E-state index in [1.54, 1.807) is 17.2 Å². The zero-order valence-electron chi connectivity index (χ0n) is 10.0. The van der Waals surface area contributed by atoms with Crippen LogP contribution in [0, 0.1) is 6.92 Å². The van der Waals surface area contributed by atoms with Gasteiger partial charge < -0.3 is 9.32 Å². The lowest BCUT2D eigenvalue weighted by atomic mass is 10.2. The Morgan fingerprint density at radius 3 is 2.53 bits per heavy atom. The van der Waals surface area contributed by atoms with Gasteiger partial charge in [0.15, 0.2) is 5.76 Å². The fraction of sp³-hybridized carbons (Fsp3) is 0.214. The van der Waals surface area contributed by atoms with Gasteiger partial charge in [-0.25, -0.2) is 0 Å². The molecule has 0 N–H and O–H groups in total. The molecule has 0 spiro atoms. The summed E-state index contributed by atoms with van der Waals surface area (Å²) in [4.78, 5) is 13.9. The third kappa shape index (κ3) is 2.38. The average molecular weight is 229 g/mol. The van der Waals surface area contributed by atoms with E-state index in [-0.39, 0.29) is 5.91 Å². The molecule has 0 aliphatic rings. The minimum atomic E-state index is -0.105. The predicted molar refractivity (Wildman–Crippen MR) is 67.2 cm³/mol. The van der Waals surface area contributed by atoms with Crippen molar-refractivity contribution in [1.82, 2.24) is 0 Å². The summed E-state index contributed by atoms with van der Waals surface area (Å²) in [5.41, 5.74) is 1.84. The first-order valence-electron chi connectivity index (χ1n) is 5.64. The summed E-state index contributed by atoms with van der Waals surface area (Å²) < 4.78 is 5.24. The number of para-hydroxylation sites is 1. The summed E-state index contributed by atoms with van der Waals surface area (Å²) in [6, 6.07) is 11.3. The van der Waals surface area contributed by atoms with E-state index in [1.165, 1.54) is 0 Å². The van der Waals surface area contributed by atoms with Crippen molar-refractivity contribution in [3.05, 3.63) is 54.0 Å². The molecule has 1 amide bonds. The Labute approximate surface area is 101 Å². The van der Waals surface area contributed by atoms with E-state index >= 15 is 0 Å². The summed E-state index contributed by atoms with van der Waals surface area (Å²) >= 11 is 0. The van der Waals surface area contributed by atoms with Crippen molar-refractivity contribution in [1.29, 1.82) is 0 Å². The van der Waals surface area contributed by atoms with Gasteiger partial charge >= 0.3 is 0 Å². The van der Waals surface area contributed by atoms with Gasteiger partial charge in [0.05, 0.1) is 6.26 Å². The van der Waals surface area contributed by atoms with Crippen LogP contribution in [0.1, 0.15) is 23.0 Å². The SMILES string of the molecule is CCN(C(=O)c1cc(C)co1)c1ccccc1. The maximum absolute atomic E-state index is 12.2. The fourth-order valence-electron chi connectivity index (χ4n) is 1.73. The van der Waals surface area contributed by atoms with Gasteiger partial charge in [0.1, 0.15) is 0 Å². The summed E-state index contributed by atoms with van der Waals surface area (Å²) in [5, 5.41) is 0. The molecule has 2 rings (SSSR count). The van der Waals surface area contributed by atoms with Crippen molar-refractivity contribution < 1.29 is 9.21 Å². The maximum Gasteiger partial charge on any atom is 0.293 e. The first-order valence-corrected chi connectivity index (χ1v) is 5.64. The molecule has 17 heavy (non-hydrogen) atoms. The molecular formula is C14H15NO2. The monoisotopic (exact) mass is 229 g/mol. The number of rotatable bonds is 3. The van der Waals surface area contributed by atoms with Gasteiger partial charge in [-0.3, -0.25) is 4.79 Å². The van der Waals surface area contributed by atoms with Crippen LogP contribution in [0.3, 0.4) is 0 Å². The molecule has 0 unspecified atom stereocenters. The first kappa shape index (κ1) is 11.5. The number of carbonyl (C=O) groups excluding carboxylic acids is 1. The van der Waals surface area contributed by atoms with Crippen LogP contribution in [0.2, 0.25) is 0 Å². The zero-order valence-corrected chi connectivity index (χ0v) is 10.0. The Morgan fingerprint density at radius 1 is 1.29 bits per heavy atom. The molecule has 2 aromatic rings. The number of anilines is 1. The zero-order chi connectivity index (χ0) is 12.3. The van der Waals surface area contributed by atoms with Crippen LogP contribution >= 0.6 is 0 Å². The van der Waals surface area contributed by atoms with Gasteiger partial charge in [-0.2, -0.15) is 0 Å². The van der Waals surface area contributed by atoms with Gasteiger partial charge in [0.2, 0.25) is 0 Å². The molecule has 0 saturated heterocycles. The molecule has 88 valence electrons. The van der Waals surface area contributed by atoms with E-state index in [1.807, 2.05) is 44.2 Å². The third-order valence-corrected chi connectivity index (χ3v) is 2.57. The van der Waals surface area contributed by atoms with E-state index in [4.69, 9.17) is 4.42 Å². The summed E-state index contributed by atoms with van der Waals surface area (Å²) in [5.74, 6) is 0.278. The molecule has 1 aromatic carbocycles. The second kappa shape index (κ2) is 4.87. The molecule has 0 fully saturated rings. The highest BCUT2D eigenvalue weighted by atomic mass is 16.3. The number of hydrogen-bond donors (Lipinski definition) is 0. The van der Waals surface area contributed by atoms with Crippen molar-refractivity contribution in [3.8, 4) is 0 Å². The van der Waals surface area contributed by atoms with Crippen LogP contribution in [0.4, 0.5) is 5.69 Å². The van der Waals surface area contributed by atoms with Crippen molar-refractivity contribution in [3.63, 3.8) is 0 Å². The highest BCUT2D eigenvalue weighted by Gasteiger charge is 2.18. The number of hydrogen-bond acceptors (Lipinski definition) is 2. The lowest BCUT2D eigenvalue weighted by Crippen LogP contribution is -2.30. The van der Waals surface area contributed by atoms with E-state index in [0.29, 0.717) is 12.3 Å². The third-order valence-electron chi connectivity index (χ3n) is 2.57. The van der Waals surface area contributed by atoms with Crippen molar-refractivity contribution >= 4 is 11.6 Å². The number of amides is 1. The smallest absolute Gasteiger partial charge is 0.293 e. The van der Waals surface area contributed by atoms with Crippen molar-refractivity contribution in [2.75, 3.05) is 11.4 Å². The standard InChI is InChI=1S/C14H15NO2/c1-3-15(12-7-5-4-6-8-12)14(16)13-9-11(2)10-17-13/h4-10H,3H2,1-2H3. The van der Waals surface area contributed by atoms with Crippen molar-refractivity contribution in [2.45, 2.75) is 13.8 Å². The number of carbonyl (C=O) groups is 1. The lowest BCUT2D eigenvalue weighted by molar-refractivity contribution is 0.0961. The van der Waals surface area contributed by atoms with Crippen LogP contribution in [-0.4, -0.2) is 12.5 Å². The molecular weight excluding hydrogens is 214 g/mol. The molecule has 0 aliphatic carbocycles. The van der Waals surface area contributed by atoms with Crippen LogP contribution < -0.4 is 4.90 Å². The van der Waals surface area contributed by atoms with Gasteiger partial charge in [0.25, 0.3) is 5.91 Å². The predicted octanol–water partition coefficient (Wildman–Crippen LogP) is 3.25. The minimum Gasteiger partial charge on any atom is -0.459 e. The Balaban J connectivity index is 2.28. The topological polar surface area (TPSA) is 33.5 Å². The summed E-state index contributed by atoms with van der Waals surface area (Å²) in [6.07, 6.45) is 1.59. The first-order chi connectivity index (χ1) is 8.22. The summed E-state index contributed by atoms with van der Waals surface area (Å²) in [6.45, 7) is 4.46. The largest absolute Gasteiger partial charge is 0.459 e. The Kier molecular flexibility index (Phi) is 3.28. The van der Waals surface area contributed by atoms with E-state index < -0.39 is 0 Å². The van der Waals surface area contributed by atoms with Crippen LogP contribution in [0.5, 0.6) is 0 Å². The second-order valence-electron chi connectivity index (χ2n) is 3.87. The quantitative estimate of drug-likeness (QED) is 0.809. The number of benzene rings is 1. The Bertz CT molecular complexity index is 502. The molecule has 3 heteroatoms. The summed E-state index contributed by atoms with van der Waals surface area (Å²) in [7, 11) is 0. The molecule has 0 saturated carbocycles. The highest BCUT2D eigenvalue weighted by molar-refractivity contribution is 6.04. The van der Waals surface area contributed by atoms with Gasteiger partial charge in [-0.1, -0.05) is 18.2 Å². The van der Waals surface area contributed by atoms with E-state index in [9.17, 15) is 4.79 Å².